The Kier molecular flexibility index (Phi) is 6.16. The number of carbonyl (C=O) groups excluding carboxylic acids is 2. The minimum atomic E-state index is -0.522. The molecule has 1 aromatic heterocycles. The number of nitrogens with one attached hydrogen (secondary N) is 1. The van der Waals surface area contributed by atoms with Gasteiger partial charge in [-0.2, -0.15) is 0 Å². The maximum Gasteiger partial charge on any atom is 0.252 e. The summed E-state index contributed by atoms with van der Waals surface area (Å²) in [5, 5.41) is 3.52. The first kappa shape index (κ1) is 21.5. The normalized spacial score (nSPS) is 14.5. The molecule has 2 aliphatic rings. The molecule has 9 nitrogen and oxygen atoms in total. The van der Waals surface area contributed by atoms with Crippen molar-refractivity contribution in [2.24, 2.45) is 17.4 Å². The molecule has 5 N–H and O–H groups in total. The summed E-state index contributed by atoms with van der Waals surface area (Å²) in [6.07, 6.45) is 3.74. The Balaban J connectivity index is 0.000000775. The lowest BCUT2D eigenvalue weighted by molar-refractivity contribution is -0.106. The van der Waals surface area contributed by atoms with Crippen LogP contribution in [0.2, 0.25) is 0 Å². The molecule has 1 aliphatic carbocycles. The fourth-order valence-electron chi connectivity index (χ4n) is 3.91. The molecule has 0 spiro atoms. The molecule has 32 heavy (non-hydrogen) atoms. The predicted octanol–water partition coefficient (Wildman–Crippen LogP) is 2.52. The van der Waals surface area contributed by atoms with E-state index in [1.165, 1.54) is 20.0 Å². The third kappa shape index (κ3) is 4.32. The van der Waals surface area contributed by atoms with E-state index >= 15 is 0 Å². The predicted molar refractivity (Wildman–Crippen MR) is 122 cm³/mol. The lowest BCUT2D eigenvalue weighted by Crippen LogP contribution is -2.12. The van der Waals surface area contributed by atoms with E-state index in [0.717, 1.165) is 59.3 Å². The maximum atomic E-state index is 11.9. The lowest BCUT2D eigenvalue weighted by Gasteiger charge is -2.11. The van der Waals surface area contributed by atoms with Crippen LogP contribution in [0.15, 0.2) is 30.3 Å². The molecule has 5 rings (SSSR count). The van der Waals surface area contributed by atoms with Gasteiger partial charge in [-0.25, -0.2) is 4.98 Å². The summed E-state index contributed by atoms with van der Waals surface area (Å²) in [7, 11) is 1.53. The number of benzene rings is 2. The molecule has 2 aromatic carbocycles. The van der Waals surface area contributed by atoms with Crippen LogP contribution < -0.4 is 26.3 Å². The molecule has 0 radical (unpaired) electrons. The molecule has 0 unspecified atom stereocenters. The van der Waals surface area contributed by atoms with Gasteiger partial charge in [0.05, 0.1) is 24.8 Å². The van der Waals surface area contributed by atoms with Crippen molar-refractivity contribution in [3.63, 3.8) is 0 Å². The Hall–Kier alpha value is -3.75. The van der Waals surface area contributed by atoms with Gasteiger partial charge < -0.3 is 30.8 Å². The largest absolute Gasteiger partial charge is 0.496 e. The highest BCUT2D eigenvalue weighted by Gasteiger charge is 2.23. The molecule has 2 heterocycles. The van der Waals surface area contributed by atoms with Gasteiger partial charge in [0.25, 0.3) is 5.91 Å². The first-order valence-corrected chi connectivity index (χ1v) is 10.6. The number of nitrogens with two attached hydrogens (primary N) is 2. The lowest BCUT2D eigenvalue weighted by atomic mass is 10.1. The molecule has 0 atom stereocenters. The summed E-state index contributed by atoms with van der Waals surface area (Å²) in [6, 6.07) is 9.57. The molecule has 0 bridgehead atoms. The van der Waals surface area contributed by atoms with Crippen molar-refractivity contribution in [1.82, 2.24) is 9.55 Å². The summed E-state index contributed by atoms with van der Waals surface area (Å²) in [6.45, 7) is 2.45. The Morgan fingerprint density at radius 3 is 2.81 bits per heavy atom. The van der Waals surface area contributed by atoms with Gasteiger partial charge in [0.2, 0.25) is 6.41 Å². The van der Waals surface area contributed by atoms with Crippen LogP contribution in [-0.4, -0.2) is 42.1 Å². The average Bonchev–Trinajstić information content (AvgIpc) is 3.57. The summed E-state index contributed by atoms with van der Waals surface area (Å²) < 4.78 is 13.5. The Labute approximate surface area is 185 Å². The maximum absolute atomic E-state index is 11.9. The summed E-state index contributed by atoms with van der Waals surface area (Å²) in [5.41, 5.74) is 13.8. The average molecular weight is 438 g/mol. The monoisotopic (exact) mass is 437 g/mol. The van der Waals surface area contributed by atoms with Crippen molar-refractivity contribution < 1.29 is 19.1 Å². The van der Waals surface area contributed by atoms with E-state index in [1.54, 1.807) is 12.1 Å². The smallest absolute Gasteiger partial charge is 0.252 e. The van der Waals surface area contributed by atoms with Crippen LogP contribution in [0.4, 0.5) is 5.69 Å². The molecule has 1 fully saturated rings. The first-order valence-electron chi connectivity index (χ1n) is 10.6. The van der Waals surface area contributed by atoms with Crippen molar-refractivity contribution in [2.45, 2.75) is 25.8 Å². The number of nitrogens with zero attached hydrogens (tertiary/aromatic N) is 2. The van der Waals surface area contributed by atoms with Crippen molar-refractivity contribution in [1.29, 1.82) is 0 Å². The van der Waals surface area contributed by atoms with Gasteiger partial charge in [0, 0.05) is 30.4 Å². The summed E-state index contributed by atoms with van der Waals surface area (Å²) in [5.74, 6) is 2.37. The molecule has 1 aliphatic heterocycles. The third-order valence-electron chi connectivity index (χ3n) is 5.61. The molecular weight excluding hydrogens is 410 g/mol. The number of aromatic nitrogens is 2. The van der Waals surface area contributed by atoms with Crippen molar-refractivity contribution >= 4 is 29.0 Å². The molecule has 1 saturated carbocycles. The second kappa shape index (κ2) is 9.17. The van der Waals surface area contributed by atoms with Crippen LogP contribution in [-0.2, 0) is 11.3 Å². The van der Waals surface area contributed by atoms with E-state index in [4.69, 9.17) is 25.0 Å². The van der Waals surface area contributed by atoms with E-state index < -0.39 is 5.91 Å². The number of amides is 2. The summed E-state index contributed by atoms with van der Waals surface area (Å²) >= 11 is 0. The van der Waals surface area contributed by atoms with Crippen LogP contribution in [0.1, 0.15) is 29.6 Å². The second-order valence-corrected chi connectivity index (χ2v) is 7.87. The molecule has 2 amide bonds. The van der Waals surface area contributed by atoms with E-state index in [-0.39, 0.29) is 6.41 Å². The standard InChI is InChI=1S/C22H24N4O3.CH3NO/c1-28-18-6-5-14(9-16(18)21(23)27)22-25-17-10-15(24-12-13-3-4-13)11-19-20(17)26(22)7-2-8-29-19;2-1-3/h5-6,9-11,13,24H,2-4,7-8,12H2,1H3,(H2,23,27);1H,(H2,2,3). The number of imidazole rings is 1. The van der Waals surface area contributed by atoms with Crippen molar-refractivity contribution in [3.05, 3.63) is 35.9 Å². The van der Waals surface area contributed by atoms with E-state index in [0.29, 0.717) is 17.9 Å². The Morgan fingerprint density at radius 2 is 2.12 bits per heavy atom. The zero-order valence-corrected chi connectivity index (χ0v) is 18.0. The summed E-state index contributed by atoms with van der Waals surface area (Å²) in [4.78, 5) is 25.4. The minimum absolute atomic E-state index is 0.250. The van der Waals surface area contributed by atoms with Crippen molar-refractivity contribution in [3.8, 4) is 22.9 Å². The first-order chi connectivity index (χ1) is 15.5. The van der Waals surface area contributed by atoms with Crippen LogP contribution in [0.3, 0.4) is 0 Å². The third-order valence-corrected chi connectivity index (χ3v) is 5.61. The quantitative estimate of drug-likeness (QED) is 0.507. The number of hydrogen-bond donors (Lipinski definition) is 3. The zero-order valence-electron chi connectivity index (χ0n) is 18.0. The SMILES string of the molecule is COc1ccc(-c2nc3cc(NCC4CC4)cc4c3n2CCCO4)cc1C(N)=O.NC=O. The van der Waals surface area contributed by atoms with Gasteiger partial charge in [0.15, 0.2) is 0 Å². The second-order valence-electron chi connectivity index (χ2n) is 7.87. The number of methoxy groups -OCH3 is 1. The van der Waals surface area contributed by atoms with Crippen LogP contribution in [0, 0.1) is 5.92 Å². The molecule has 3 aromatic rings. The van der Waals surface area contributed by atoms with Crippen LogP contribution in [0.25, 0.3) is 22.4 Å². The number of aryl methyl sites for hydroxylation is 1. The number of hydrogen-bond acceptors (Lipinski definition) is 6. The minimum Gasteiger partial charge on any atom is -0.496 e. The number of ether oxygens (including phenoxy) is 2. The zero-order chi connectivity index (χ0) is 22.7. The van der Waals surface area contributed by atoms with Crippen LogP contribution >= 0.6 is 0 Å². The fraction of sp³-hybridized carbons (Fsp3) is 0.348. The van der Waals surface area contributed by atoms with Gasteiger partial charge in [0.1, 0.15) is 22.8 Å². The van der Waals surface area contributed by atoms with E-state index in [1.807, 2.05) is 6.07 Å². The molecular formula is C23H27N5O4. The number of carbonyl (C=O) groups is 2. The topological polar surface area (TPSA) is 134 Å². The Morgan fingerprint density at radius 1 is 1.34 bits per heavy atom. The van der Waals surface area contributed by atoms with Gasteiger partial charge in [-0.1, -0.05) is 0 Å². The molecule has 0 saturated heterocycles. The molecule has 168 valence electrons. The van der Waals surface area contributed by atoms with Gasteiger partial charge in [-0.15, -0.1) is 0 Å². The highest BCUT2D eigenvalue weighted by Crippen LogP contribution is 2.37. The number of rotatable bonds is 6. The van der Waals surface area contributed by atoms with E-state index in [9.17, 15) is 4.79 Å². The molecule has 9 heteroatoms. The van der Waals surface area contributed by atoms with Gasteiger partial charge in [-0.05, 0) is 49.4 Å². The van der Waals surface area contributed by atoms with E-state index in [2.05, 4.69) is 27.8 Å². The van der Waals surface area contributed by atoms with Crippen molar-refractivity contribution in [2.75, 3.05) is 25.6 Å². The highest BCUT2D eigenvalue weighted by atomic mass is 16.5. The van der Waals surface area contributed by atoms with Gasteiger partial charge in [-0.3, -0.25) is 9.59 Å². The number of anilines is 1. The Bertz CT molecular complexity index is 1150. The number of primary amides is 2. The van der Waals surface area contributed by atoms with Gasteiger partial charge >= 0.3 is 0 Å². The highest BCUT2D eigenvalue weighted by molar-refractivity contribution is 5.97. The van der Waals surface area contributed by atoms with Crippen LogP contribution in [0.5, 0.6) is 11.5 Å². The fourth-order valence-corrected chi connectivity index (χ4v) is 3.91.